The summed E-state index contributed by atoms with van der Waals surface area (Å²) in [6.07, 6.45) is 87.1. The van der Waals surface area contributed by atoms with Crippen molar-refractivity contribution >= 4 is 17.2 Å². The zero-order valence-electron chi connectivity index (χ0n) is 47.3. The van der Waals surface area contributed by atoms with Crippen LogP contribution in [0.1, 0.15) is 387 Å². The molecule has 0 unspecified atom stereocenters. The summed E-state index contributed by atoms with van der Waals surface area (Å²) in [6.45, 7) is 9.32. The van der Waals surface area contributed by atoms with Crippen LogP contribution < -0.4 is 0 Å². The molecule has 0 saturated carbocycles. The summed E-state index contributed by atoms with van der Waals surface area (Å²) < 4.78 is 0. The number of hydrogen-bond acceptors (Lipinski definition) is 0. The monoisotopic (exact) mass is 967 g/mol. The van der Waals surface area contributed by atoms with E-state index in [1.807, 2.05) is 0 Å². The van der Waals surface area contributed by atoms with E-state index in [0.717, 1.165) is 0 Å². The predicted octanol–water partition coefficient (Wildman–Crippen LogP) is 25.6. The first-order valence-electron chi connectivity index (χ1n) is 32.3. The van der Waals surface area contributed by atoms with E-state index < -0.39 is 5.96 Å². The van der Waals surface area contributed by atoms with Crippen LogP contribution in [0.4, 0.5) is 0 Å². The third kappa shape index (κ3) is 49.7. The summed E-state index contributed by atoms with van der Waals surface area (Å²) in [4.78, 5) is 0. The van der Waals surface area contributed by atoms with Crippen LogP contribution in [0.3, 0.4) is 0 Å². The van der Waals surface area contributed by atoms with E-state index in [2.05, 4.69) is 27.7 Å². The van der Waals surface area contributed by atoms with Crippen LogP contribution in [0.2, 0.25) is 0 Å². The maximum absolute atomic E-state index is 8.53. The molecule has 0 aromatic rings. The van der Waals surface area contributed by atoms with E-state index in [1.165, 1.54) is 384 Å². The van der Waals surface area contributed by atoms with Crippen LogP contribution in [-0.4, -0.2) is 24.6 Å². The van der Waals surface area contributed by atoms with E-state index in [9.17, 15) is 0 Å². The standard InChI is InChI=1S/C64H132ClP/c1-5-9-13-17-21-25-29-33-37-41-45-49-53-57-61-66(65,62-58-54-50-46-42-38-34-30-26-22-18-14-10-6-2,63-59-55-51-47-43-39-35-31-27-23-19-15-11-7-3)64-60-56-52-48-44-40-36-32-28-24-20-16-12-8-4/h5-64H2,1-4H3. The minimum Gasteiger partial charge on any atom is -0.0654 e. The van der Waals surface area contributed by atoms with Gasteiger partial charge in [-0.15, -0.1) is 0 Å². The molecule has 0 fully saturated rings. The van der Waals surface area contributed by atoms with Gasteiger partial charge in [-0.3, -0.25) is 0 Å². The van der Waals surface area contributed by atoms with Gasteiger partial charge >= 0.3 is 324 Å². The van der Waals surface area contributed by atoms with Crippen molar-refractivity contribution in [3.8, 4) is 0 Å². The summed E-state index contributed by atoms with van der Waals surface area (Å²) in [5.41, 5.74) is 0. The number of hydrogen-bond donors (Lipinski definition) is 0. The summed E-state index contributed by atoms with van der Waals surface area (Å²) in [5.74, 6) is -2.24. The first kappa shape index (κ1) is 66.7. The first-order chi connectivity index (χ1) is 32.5. The fraction of sp³-hybridized carbons (Fsp3) is 1.00. The van der Waals surface area contributed by atoms with Gasteiger partial charge in [0.2, 0.25) is 0 Å². The maximum atomic E-state index is 8.53. The topological polar surface area (TPSA) is 0 Å². The van der Waals surface area contributed by atoms with Crippen molar-refractivity contribution in [3.05, 3.63) is 0 Å². The minimum atomic E-state index is -2.24. The third-order valence-electron chi connectivity index (χ3n) is 16.3. The molecule has 0 amide bonds. The van der Waals surface area contributed by atoms with Crippen LogP contribution in [0.15, 0.2) is 0 Å². The predicted molar refractivity (Wildman–Crippen MR) is 313 cm³/mol. The Morgan fingerprint density at radius 3 is 0.348 bits per heavy atom. The van der Waals surface area contributed by atoms with Crippen molar-refractivity contribution in [2.75, 3.05) is 24.6 Å². The van der Waals surface area contributed by atoms with Crippen molar-refractivity contribution < 1.29 is 0 Å². The Hall–Kier alpha value is 0.720. The van der Waals surface area contributed by atoms with Gasteiger partial charge < -0.3 is 0 Å². The minimum absolute atomic E-state index is 1.37. The average Bonchev–Trinajstić information content (AvgIpc) is 3.32. The molecule has 66 heavy (non-hydrogen) atoms. The van der Waals surface area contributed by atoms with E-state index in [-0.39, 0.29) is 0 Å². The fourth-order valence-corrected chi connectivity index (χ4v) is 18.3. The molecule has 0 nitrogen and oxygen atoms in total. The average molecular weight is 968 g/mol. The van der Waals surface area contributed by atoms with Gasteiger partial charge in [0.1, 0.15) is 0 Å². The third-order valence-corrected chi connectivity index (χ3v) is 24.0. The first-order valence-corrected chi connectivity index (χ1v) is 36.1. The molecule has 0 aliphatic heterocycles. The van der Waals surface area contributed by atoms with Crippen LogP contribution in [0.25, 0.3) is 0 Å². The molecule has 0 aliphatic rings. The smallest absolute Gasteiger partial charge is 0.0654 e. The van der Waals surface area contributed by atoms with Gasteiger partial charge in [0.15, 0.2) is 0 Å². The molecule has 0 N–H and O–H groups in total. The Labute approximate surface area is 426 Å². The molecule has 400 valence electrons. The molecule has 0 spiro atoms. The molecule has 0 aliphatic carbocycles. The quantitative estimate of drug-likeness (QED) is 0.0421. The normalized spacial score (nSPS) is 12.7. The second-order valence-electron chi connectivity index (χ2n) is 23.1. The number of halogens is 1. The summed E-state index contributed by atoms with van der Waals surface area (Å²) in [7, 11) is 0. The van der Waals surface area contributed by atoms with Gasteiger partial charge in [0.05, 0.1) is 0 Å². The van der Waals surface area contributed by atoms with E-state index in [0.29, 0.717) is 0 Å². The second kappa shape index (κ2) is 55.0. The summed E-state index contributed by atoms with van der Waals surface area (Å²) >= 11 is 8.53. The molecule has 0 aromatic heterocycles. The van der Waals surface area contributed by atoms with Gasteiger partial charge in [0.25, 0.3) is 0 Å². The van der Waals surface area contributed by atoms with Crippen molar-refractivity contribution in [1.29, 1.82) is 0 Å². The van der Waals surface area contributed by atoms with E-state index in [1.54, 1.807) is 0 Å². The number of unbranched alkanes of at least 4 members (excludes halogenated alkanes) is 52. The zero-order valence-corrected chi connectivity index (χ0v) is 48.9. The Bertz CT molecular complexity index is 730. The Balaban J connectivity index is 5.08. The Morgan fingerprint density at radius 1 is 0.152 bits per heavy atom. The van der Waals surface area contributed by atoms with Crippen molar-refractivity contribution in [3.63, 3.8) is 0 Å². The molecular weight excluding hydrogens is 835 g/mol. The molecule has 0 rings (SSSR count). The Morgan fingerprint density at radius 2 is 0.242 bits per heavy atom. The SMILES string of the molecule is CCCCCCCCCCCCCCCCP(Cl)(CCCCCCCCCCCCCCCC)(CCCCCCCCCCCCCCCC)CCCCCCCCCCCCCCCC. The van der Waals surface area contributed by atoms with Gasteiger partial charge in [-0.2, -0.15) is 0 Å². The van der Waals surface area contributed by atoms with Crippen LogP contribution in [0, 0.1) is 0 Å². The van der Waals surface area contributed by atoms with Crippen molar-refractivity contribution in [2.45, 2.75) is 387 Å². The molecule has 0 bridgehead atoms. The van der Waals surface area contributed by atoms with Gasteiger partial charge in [0, 0.05) is 0 Å². The molecule has 0 saturated heterocycles. The fourth-order valence-electron chi connectivity index (χ4n) is 11.5. The molecule has 0 aromatic carbocycles. The summed E-state index contributed by atoms with van der Waals surface area (Å²) in [6, 6.07) is 0. The molecular formula is C64H132ClP. The number of rotatable bonds is 60. The van der Waals surface area contributed by atoms with Crippen LogP contribution >= 0.6 is 17.2 Å². The van der Waals surface area contributed by atoms with Crippen LogP contribution in [0.5, 0.6) is 0 Å². The van der Waals surface area contributed by atoms with Gasteiger partial charge in [-0.25, -0.2) is 0 Å². The van der Waals surface area contributed by atoms with Crippen molar-refractivity contribution in [1.82, 2.24) is 0 Å². The Kier molecular flexibility index (Phi) is 55.6. The molecule has 0 radical (unpaired) electrons. The molecule has 0 atom stereocenters. The zero-order chi connectivity index (χ0) is 47.9. The van der Waals surface area contributed by atoms with E-state index in [4.69, 9.17) is 11.2 Å². The van der Waals surface area contributed by atoms with Gasteiger partial charge in [-0.1, -0.05) is 105 Å². The summed E-state index contributed by atoms with van der Waals surface area (Å²) in [5, 5.41) is 0. The second-order valence-corrected chi connectivity index (χ2v) is 31.4. The van der Waals surface area contributed by atoms with Crippen LogP contribution in [-0.2, 0) is 0 Å². The van der Waals surface area contributed by atoms with E-state index >= 15 is 0 Å². The van der Waals surface area contributed by atoms with Crippen molar-refractivity contribution in [2.24, 2.45) is 0 Å². The molecule has 0 heterocycles. The van der Waals surface area contributed by atoms with Gasteiger partial charge in [-0.05, 0) is 0 Å². The molecule has 2 heteroatoms.